The summed E-state index contributed by atoms with van der Waals surface area (Å²) in [5.74, 6) is 1.31. The molecule has 2 N–H and O–H groups in total. The van der Waals surface area contributed by atoms with E-state index in [2.05, 4.69) is 37.6 Å². The highest BCUT2D eigenvalue weighted by atomic mass is 32.1. The summed E-state index contributed by atoms with van der Waals surface area (Å²) >= 11 is 1.37. The maximum atomic E-state index is 12.7. The van der Waals surface area contributed by atoms with Crippen molar-refractivity contribution in [3.8, 4) is 22.5 Å². The number of aromatic nitrogens is 5. The summed E-state index contributed by atoms with van der Waals surface area (Å²) in [7, 11) is 0. The van der Waals surface area contributed by atoms with Gasteiger partial charge in [-0.2, -0.15) is 5.10 Å². The summed E-state index contributed by atoms with van der Waals surface area (Å²) in [6.07, 6.45) is 7.06. The first-order valence-electron chi connectivity index (χ1n) is 10.7. The SMILES string of the molecule is O=C(c1nccs1)N1Cc2ccc(-c3nccc(Nc4ccc(-c5cn[nH]c5)cc4)n3)cc2C1. The van der Waals surface area contributed by atoms with Gasteiger partial charge in [0, 0.05) is 53.9 Å². The van der Waals surface area contributed by atoms with Crippen LogP contribution in [0.1, 0.15) is 20.9 Å². The molecule has 166 valence electrons. The predicted octanol–water partition coefficient (Wildman–Crippen LogP) is 4.89. The van der Waals surface area contributed by atoms with Gasteiger partial charge in [0.25, 0.3) is 5.91 Å². The van der Waals surface area contributed by atoms with Gasteiger partial charge >= 0.3 is 0 Å². The molecule has 6 rings (SSSR count). The third-order valence-corrected chi connectivity index (χ3v) is 6.49. The van der Waals surface area contributed by atoms with Crippen molar-refractivity contribution < 1.29 is 4.79 Å². The molecular formula is C25H19N7OS. The van der Waals surface area contributed by atoms with Crippen LogP contribution >= 0.6 is 11.3 Å². The maximum Gasteiger partial charge on any atom is 0.283 e. The molecule has 3 aromatic heterocycles. The Labute approximate surface area is 199 Å². The molecule has 0 spiro atoms. The molecule has 0 saturated carbocycles. The molecule has 1 aliphatic rings. The number of hydrogen-bond donors (Lipinski definition) is 2. The second-order valence-corrected chi connectivity index (χ2v) is 8.83. The van der Waals surface area contributed by atoms with Gasteiger partial charge < -0.3 is 10.2 Å². The molecule has 0 saturated heterocycles. The van der Waals surface area contributed by atoms with Crippen molar-refractivity contribution in [3.05, 3.63) is 94.8 Å². The van der Waals surface area contributed by atoms with Crippen molar-refractivity contribution in [2.75, 3.05) is 5.32 Å². The Morgan fingerprint density at radius 3 is 2.59 bits per heavy atom. The van der Waals surface area contributed by atoms with E-state index >= 15 is 0 Å². The molecule has 2 aromatic carbocycles. The van der Waals surface area contributed by atoms with E-state index in [9.17, 15) is 4.79 Å². The fourth-order valence-corrected chi connectivity index (χ4v) is 4.61. The normalized spacial score (nSPS) is 12.5. The lowest BCUT2D eigenvalue weighted by atomic mass is 10.1. The number of H-pyrrole nitrogens is 1. The number of anilines is 2. The van der Waals surface area contributed by atoms with E-state index in [1.807, 2.05) is 52.9 Å². The zero-order chi connectivity index (χ0) is 22.9. The molecule has 4 heterocycles. The molecule has 1 aliphatic heterocycles. The Kier molecular flexibility index (Phi) is 5.08. The second kappa shape index (κ2) is 8.53. The average molecular weight is 466 g/mol. The van der Waals surface area contributed by atoms with Gasteiger partial charge in [-0.15, -0.1) is 11.3 Å². The van der Waals surface area contributed by atoms with Crippen LogP contribution in [0.15, 0.2) is 78.7 Å². The Bertz CT molecular complexity index is 1450. The molecule has 0 bridgehead atoms. The van der Waals surface area contributed by atoms with Crippen molar-refractivity contribution in [1.29, 1.82) is 0 Å². The predicted molar refractivity (Wildman–Crippen MR) is 130 cm³/mol. The average Bonchev–Trinajstić information content (AvgIpc) is 3.66. The molecular weight excluding hydrogens is 446 g/mol. The summed E-state index contributed by atoms with van der Waals surface area (Å²) in [6, 6.07) is 16.1. The summed E-state index contributed by atoms with van der Waals surface area (Å²) in [5, 5.41) is 12.5. The summed E-state index contributed by atoms with van der Waals surface area (Å²) in [6.45, 7) is 1.15. The van der Waals surface area contributed by atoms with Crippen LogP contribution in [0, 0.1) is 0 Å². The van der Waals surface area contributed by atoms with Crippen molar-refractivity contribution in [3.63, 3.8) is 0 Å². The number of nitrogens with zero attached hydrogens (tertiary/aromatic N) is 5. The third-order valence-electron chi connectivity index (χ3n) is 5.73. The van der Waals surface area contributed by atoms with Crippen molar-refractivity contribution in [2.24, 2.45) is 0 Å². The fourth-order valence-electron chi connectivity index (χ4n) is 4.01. The first-order chi connectivity index (χ1) is 16.7. The summed E-state index contributed by atoms with van der Waals surface area (Å²) < 4.78 is 0. The van der Waals surface area contributed by atoms with Gasteiger partial charge in [0.1, 0.15) is 5.82 Å². The number of amides is 1. The minimum absolute atomic E-state index is 0.0333. The minimum Gasteiger partial charge on any atom is -0.340 e. The zero-order valence-corrected chi connectivity index (χ0v) is 18.8. The smallest absolute Gasteiger partial charge is 0.283 e. The Hall–Kier alpha value is -4.37. The second-order valence-electron chi connectivity index (χ2n) is 7.94. The fraction of sp³-hybridized carbons (Fsp3) is 0.0800. The summed E-state index contributed by atoms with van der Waals surface area (Å²) in [5.41, 5.74) is 6.23. The van der Waals surface area contributed by atoms with Gasteiger partial charge in [-0.25, -0.2) is 15.0 Å². The van der Waals surface area contributed by atoms with Crippen LogP contribution in [0.5, 0.6) is 0 Å². The number of carbonyl (C=O) groups excluding carboxylic acids is 1. The quantitative estimate of drug-likeness (QED) is 0.383. The first-order valence-corrected chi connectivity index (χ1v) is 11.6. The van der Waals surface area contributed by atoms with Crippen LogP contribution < -0.4 is 5.32 Å². The summed E-state index contributed by atoms with van der Waals surface area (Å²) in [4.78, 5) is 27.8. The van der Waals surface area contributed by atoms with E-state index in [0.29, 0.717) is 29.7 Å². The lowest BCUT2D eigenvalue weighted by molar-refractivity contribution is 0.0751. The van der Waals surface area contributed by atoms with E-state index < -0.39 is 0 Å². The van der Waals surface area contributed by atoms with E-state index in [1.165, 1.54) is 11.3 Å². The van der Waals surface area contributed by atoms with Gasteiger partial charge in [-0.05, 0) is 41.0 Å². The molecule has 0 atom stereocenters. The number of thiazole rings is 1. The standard InChI is InChI=1S/C25H19N7OS/c33-25(24-27-9-10-34-24)32-14-18-2-1-17(11-19(18)15-32)23-26-8-7-22(31-23)30-21-5-3-16(4-6-21)20-12-28-29-13-20/h1-13H,14-15H2,(H,28,29)(H,26,30,31). The van der Waals surface area contributed by atoms with E-state index in [4.69, 9.17) is 4.98 Å². The third kappa shape index (κ3) is 3.93. The number of rotatable bonds is 5. The number of aromatic amines is 1. The van der Waals surface area contributed by atoms with E-state index in [-0.39, 0.29) is 5.91 Å². The monoisotopic (exact) mass is 465 g/mol. The molecule has 9 heteroatoms. The molecule has 0 aliphatic carbocycles. The maximum absolute atomic E-state index is 12.7. The van der Waals surface area contributed by atoms with E-state index in [0.717, 1.165) is 33.5 Å². The highest BCUT2D eigenvalue weighted by molar-refractivity contribution is 7.11. The molecule has 34 heavy (non-hydrogen) atoms. The molecule has 5 aromatic rings. The van der Waals surface area contributed by atoms with Gasteiger partial charge in [-0.1, -0.05) is 24.3 Å². The molecule has 0 radical (unpaired) electrons. The number of carbonyl (C=O) groups is 1. The van der Waals surface area contributed by atoms with Crippen molar-refractivity contribution in [1.82, 2.24) is 30.0 Å². The van der Waals surface area contributed by atoms with Gasteiger partial charge in [0.15, 0.2) is 10.8 Å². The lowest BCUT2D eigenvalue weighted by Gasteiger charge is -2.12. The number of hydrogen-bond acceptors (Lipinski definition) is 7. The lowest BCUT2D eigenvalue weighted by Crippen LogP contribution is -2.25. The van der Waals surface area contributed by atoms with Gasteiger partial charge in [0.2, 0.25) is 0 Å². The molecule has 0 fully saturated rings. The van der Waals surface area contributed by atoms with Crippen LogP contribution in [0.25, 0.3) is 22.5 Å². The number of nitrogens with one attached hydrogen (secondary N) is 2. The van der Waals surface area contributed by atoms with Crippen molar-refractivity contribution in [2.45, 2.75) is 13.1 Å². The van der Waals surface area contributed by atoms with Crippen LogP contribution in [-0.2, 0) is 13.1 Å². The minimum atomic E-state index is -0.0333. The number of benzene rings is 2. The molecule has 1 amide bonds. The first kappa shape index (κ1) is 20.3. The Morgan fingerprint density at radius 2 is 1.79 bits per heavy atom. The van der Waals surface area contributed by atoms with Crippen LogP contribution in [-0.4, -0.2) is 36.0 Å². The molecule has 0 unspecified atom stereocenters. The zero-order valence-electron chi connectivity index (χ0n) is 18.0. The Balaban J connectivity index is 1.19. The van der Waals surface area contributed by atoms with E-state index in [1.54, 1.807) is 18.6 Å². The van der Waals surface area contributed by atoms with Crippen LogP contribution in [0.2, 0.25) is 0 Å². The topological polar surface area (TPSA) is 99.7 Å². The van der Waals surface area contributed by atoms with Crippen LogP contribution in [0.3, 0.4) is 0 Å². The largest absolute Gasteiger partial charge is 0.340 e. The van der Waals surface area contributed by atoms with Crippen LogP contribution in [0.4, 0.5) is 11.5 Å². The van der Waals surface area contributed by atoms with Crippen molar-refractivity contribution >= 4 is 28.7 Å². The van der Waals surface area contributed by atoms with Gasteiger partial charge in [-0.3, -0.25) is 9.89 Å². The molecule has 8 nitrogen and oxygen atoms in total. The highest BCUT2D eigenvalue weighted by Gasteiger charge is 2.26. The van der Waals surface area contributed by atoms with Gasteiger partial charge in [0.05, 0.1) is 6.20 Å². The number of fused-ring (bicyclic) bond motifs is 1. The Morgan fingerprint density at radius 1 is 0.941 bits per heavy atom. The highest BCUT2D eigenvalue weighted by Crippen LogP contribution is 2.29.